The number of rotatable bonds is 1. The van der Waals surface area contributed by atoms with Crippen LogP contribution in [0.25, 0.3) is 11.0 Å². The number of benzene rings is 1. The van der Waals surface area contributed by atoms with E-state index in [4.69, 9.17) is 11.6 Å². The number of halogens is 1. The van der Waals surface area contributed by atoms with Gasteiger partial charge >= 0.3 is 5.69 Å². The molecular formula is C10H9ClN2O. The van der Waals surface area contributed by atoms with Gasteiger partial charge in [-0.1, -0.05) is 11.6 Å². The van der Waals surface area contributed by atoms with Crippen LogP contribution in [0.4, 0.5) is 0 Å². The van der Waals surface area contributed by atoms with Gasteiger partial charge in [0, 0.05) is 11.1 Å². The quantitative estimate of drug-likeness (QED) is 0.768. The minimum absolute atomic E-state index is 0.0234. The average molecular weight is 209 g/mol. The molecule has 1 aromatic carbocycles. The largest absolute Gasteiger partial charge is 0.326 e. The van der Waals surface area contributed by atoms with Crippen molar-refractivity contribution in [3.63, 3.8) is 0 Å². The van der Waals surface area contributed by atoms with Crippen LogP contribution in [0.5, 0.6) is 0 Å². The third-order valence-electron chi connectivity index (χ3n) is 2.59. The molecule has 14 heavy (non-hydrogen) atoms. The van der Waals surface area contributed by atoms with E-state index in [0.717, 1.165) is 23.9 Å². The predicted molar refractivity (Wildman–Crippen MR) is 55.8 cm³/mol. The number of aromatic nitrogens is 2. The Hall–Kier alpha value is -1.22. The molecule has 4 heteroatoms. The number of hydrogen-bond acceptors (Lipinski definition) is 1. The molecule has 1 aliphatic carbocycles. The normalized spacial score (nSPS) is 16.4. The zero-order chi connectivity index (χ0) is 9.71. The summed E-state index contributed by atoms with van der Waals surface area (Å²) < 4.78 is 1.83. The summed E-state index contributed by atoms with van der Waals surface area (Å²) in [7, 11) is 0. The number of aromatic amines is 1. The van der Waals surface area contributed by atoms with Gasteiger partial charge in [0.05, 0.1) is 11.0 Å². The summed E-state index contributed by atoms with van der Waals surface area (Å²) in [6.07, 6.45) is 2.21. The number of nitrogens with zero attached hydrogens (tertiary/aromatic N) is 1. The second-order valence-electron chi connectivity index (χ2n) is 3.69. The lowest BCUT2D eigenvalue weighted by molar-refractivity contribution is 0.733. The average Bonchev–Trinajstić information content (AvgIpc) is 2.89. The zero-order valence-corrected chi connectivity index (χ0v) is 8.21. The Balaban J connectivity index is 2.37. The molecule has 0 radical (unpaired) electrons. The van der Waals surface area contributed by atoms with E-state index >= 15 is 0 Å². The number of imidazole rings is 1. The van der Waals surface area contributed by atoms with Crippen molar-refractivity contribution in [2.24, 2.45) is 0 Å². The third kappa shape index (κ3) is 1.09. The Kier molecular flexibility index (Phi) is 1.53. The Morgan fingerprint density at radius 3 is 2.93 bits per heavy atom. The molecule has 3 rings (SSSR count). The summed E-state index contributed by atoms with van der Waals surface area (Å²) in [6, 6.07) is 5.90. The smallest absolute Gasteiger partial charge is 0.305 e. The highest BCUT2D eigenvalue weighted by Gasteiger charge is 2.26. The summed E-state index contributed by atoms with van der Waals surface area (Å²) in [6.45, 7) is 0. The first-order valence-electron chi connectivity index (χ1n) is 4.65. The maximum Gasteiger partial charge on any atom is 0.326 e. The lowest BCUT2D eigenvalue weighted by Gasteiger charge is -1.98. The van der Waals surface area contributed by atoms with Crippen LogP contribution in [0.2, 0.25) is 5.02 Å². The van der Waals surface area contributed by atoms with Gasteiger partial charge in [0.1, 0.15) is 0 Å². The number of hydrogen-bond donors (Lipinski definition) is 1. The Morgan fingerprint density at radius 1 is 1.43 bits per heavy atom. The molecule has 0 bridgehead atoms. The fourth-order valence-electron chi connectivity index (χ4n) is 1.80. The van der Waals surface area contributed by atoms with Crippen LogP contribution in [0.1, 0.15) is 18.9 Å². The molecule has 72 valence electrons. The molecule has 1 aliphatic rings. The molecule has 1 aromatic heterocycles. The summed E-state index contributed by atoms with van der Waals surface area (Å²) in [5, 5.41) is 0.654. The van der Waals surface area contributed by atoms with Crippen molar-refractivity contribution in [1.29, 1.82) is 0 Å². The second kappa shape index (κ2) is 2.64. The van der Waals surface area contributed by atoms with Crippen molar-refractivity contribution in [3.8, 4) is 0 Å². The fourth-order valence-corrected chi connectivity index (χ4v) is 1.97. The SMILES string of the molecule is O=c1[nH]c2cc(Cl)ccc2n1C1CC1. The molecule has 1 fully saturated rings. The van der Waals surface area contributed by atoms with Gasteiger partial charge in [-0.2, -0.15) is 0 Å². The van der Waals surface area contributed by atoms with Crippen molar-refractivity contribution < 1.29 is 0 Å². The molecular weight excluding hydrogens is 200 g/mol. The van der Waals surface area contributed by atoms with Crippen LogP contribution in [0.15, 0.2) is 23.0 Å². The van der Waals surface area contributed by atoms with E-state index in [1.807, 2.05) is 16.7 Å². The van der Waals surface area contributed by atoms with E-state index in [1.165, 1.54) is 0 Å². The van der Waals surface area contributed by atoms with Crippen LogP contribution in [-0.2, 0) is 0 Å². The van der Waals surface area contributed by atoms with E-state index in [1.54, 1.807) is 6.07 Å². The standard InChI is InChI=1S/C10H9ClN2O/c11-6-1-4-9-8(5-6)12-10(14)13(9)7-2-3-7/h1,4-5,7H,2-3H2,(H,12,14). The van der Waals surface area contributed by atoms with E-state index in [2.05, 4.69) is 4.98 Å². The summed E-state index contributed by atoms with van der Waals surface area (Å²) in [5.74, 6) is 0. The van der Waals surface area contributed by atoms with E-state index in [0.29, 0.717) is 11.1 Å². The molecule has 2 aromatic rings. The molecule has 0 amide bonds. The number of H-pyrrole nitrogens is 1. The zero-order valence-electron chi connectivity index (χ0n) is 7.46. The highest BCUT2D eigenvalue weighted by molar-refractivity contribution is 6.31. The first-order valence-corrected chi connectivity index (χ1v) is 5.03. The van der Waals surface area contributed by atoms with Gasteiger partial charge in [-0.05, 0) is 31.0 Å². The molecule has 0 unspecified atom stereocenters. The van der Waals surface area contributed by atoms with Gasteiger partial charge in [0.25, 0.3) is 0 Å². The van der Waals surface area contributed by atoms with Gasteiger partial charge in [-0.3, -0.25) is 4.57 Å². The molecule has 1 heterocycles. The summed E-state index contributed by atoms with van der Waals surface area (Å²) in [5.41, 5.74) is 1.76. The van der Waals surface area contributed by atoms with Gasteiger partial charge in [-0.25, -0.2) is 4.79 Å². The number of fused-ring (bicyclic) bond motifs is 1. The molecule has 0 aliphatic heterocycles. The first kappa shape index (κ1) is 8.12. The Labute approximate surface area is 85.3 Å². The van der Waals surface area contributed by atoms with Crippen molar-refractivity contribution in [2.45, 2.75) is 18.9 Å². The molecule has 1 saturated carbocycles. The maximum absolute atomic E-state index is 11.6. The molecule has 0 atom stereocenters. The summed E-state index contributed by atoms with van der Waals surface area (Å²) in [4.78, 5) is 14.4. The highest BCUT2D eigenvalue weighted by atomic mass is 35.5. The fraction of sp³-hybridized carbons (Fsp3) is 0.300. The van der Waals surface area contributed by atoms with E-state index in [-0.39, 0.29) is 5.69 Å². The van der Waals surface area contributed by atoms with Crippen molar-refractivity contribution in [2.75, 3.05) is 0 Å². The lowest BCUT2D eigenvalue weighted by Crippen LogP contribution is -2.14. The van der Waals surface area contributed by atoms with E-state index in [9.17, 15) is 4.79 Å². The van der Waals surface area contributed by atoms with Crippen LogP contribution >= 0.6 is 11.6 Å². The maximum atomic E-state index is 11.6. The molecule has 3 nitrogen and oxygen atoms in total. The van der Waals surface area contributed by atoms with Gasteiger partial charge < -0.3 is 4.98 Å². The van der Waals surface area contributed by atoms with Crippen molar-refractivity contribution in [1.82, 2.24) is 9.55 Å². The Bertz CT molecular complexity index is 551. The van der Waals surface area contributed by atoms with Crippen LogP contribution < -0.4 is 5.69 Å². The van der Waals surface area contributed by atoms with Crippen LogP contribution in [0, 0.1) is 0 Å². The third-order valence-corrected chi connectivity index (χ3v) is 2.83. The second-order valence-corrected chi connectivity index (χ2v) is 4.13. The van der Waals surface area contributed by atoms with Crippen molar-refractivity contribution in [3.05, 3.63) is 33.7 Å². The van der Waals surface area contributed by atoms with E-state index < -0.39 is 0 Å². The molecule has 0 saturated heterocycles. The minimum atomic E-state index is -0.0234. The first-order chi connectivity index (χ1) is 6.75. The number of nitrogens with one attached hydrogen (secondary N) is 1. The van der Waals surface area contributed by atoms with Crippen LogP contribution in [-0.4, -0.2) is 9.55 Å². The van der Waals surface area contributed by atoms with Crippen LogP contribution in [0.3, 0.4) is 0 Å². The highest BCUT2D eigenvalue weighted by Crippen LogP contribution is 2.35. The topological polar surface area (TPSA) is 37.8 Å². The molecule has 1 N–H and O–H groups in total. The Morgan fingerprint density at radius 2 is 2.21 bits per heavy atom. The lowest BCUT2D eigenvalue weighted by atomic mass is 10.3. The molecule has 0 spiro atoms. The minimum Gasteiger partial charge on any atom is -0.305 e. The predicted octanol–water partition coefficient (Wildman–Crippen LogP) is 2.32. The van der Waals surface area contributed by atoms with Gasteiger partial charge in [0.15, 0.2) is 0 Å². The van der Waals surface area contributed by atoms with Gasteiger partial charge in [0.2, 0.25) is 0 Å². The van der Waals surface area contributed by atoms with Gasteiger partial charge in [-0.15, -0.1) is 0 Å². The van der Waals surface area contributed by atoms with Crippen molar-refractivity contribution >= 4 is 22.6 Å². The monoisotopic (exact) mass is 208 g/mol. The summed E-state index contributed by atoms with van der Waals surface area (Å²) >= 11 is 5.84.